The lowest BCUT2D eigenvalue weighted by Crippen LogP contribution is -2.54. The van der Waals surface area contributed by atoms with Crippen LogP contribution in [-0.2, 0) is 27.2 Å². The Morgan fingerprint density at radius 3 is 2.13 bits per heavy atom. The summed E-state index contributed by atoms with van der Waals surface area (Å²) >= 11 is 0. The minimum Gasteiger partial charge on any atom is -0.497 e. The van der Waals surface area contributed by atoms with Gasteiger partial charge in [-0.3, -0.25) is 9.59 Å². The fourth-order valence-corrected chi connectivity index (χ4v) is 3.31. The summed E-state index contributed by atoms with van der Waals surface area (Å²) in [5.41, 5.74) is 0.708. The molecule has 3 rings (SSSR count). The van der Waals surface area contributed by atoms with Crippen LogP contribution in [0.4, 0.5) is 4.79 Å². The molecule has 0 spiro atoms. The van der Waals surface area contributed by atoms with Crippen molar-refractivity contribution in [3.8, 4) is 5.75 Å². The lowest BCUT2D eigenvalue weighted by atomic mass is 9.94. The first-order valence-electron chi connectivity index (χ1n) is 9.96. The standard InChI is InChI=1S/C23H26N2O6/c1-23(14-31-23)20(26)18(12-15-6-4-3-5-7-15)24-21(27)19(25-22(28)29)13-16-8-10-17(30-2)11-9-16/h3-11,18-19,25H,12-14H2,1-2H3,(H,24,27)(H,28,29). The highest BCUT2D eigenvalue weighted by molar-refractivity contribution is 5.97. The largest absolute Gasteiger partial charge is 0.497 e. The Morgan fingerprint density at radius 2 is 1.58 bits per heavy atom. The van der Waals surface area contributed by atoms with Crippen molar-refractivity contribution in [2.24, 2.45) is 0 Å². The number of hydrogen-bond acceptors (Lipinski definition) is 5. The lowest BCUT2D eigenvalue weighted by molar-refractivity contribution is -0.131. The summed E-state index contributed by atoms with van der Waals surface area (Å²) in [7, 11) is 1.55. The Morgan fingerprint density at radius 1 is 1.00 bits per heavy atom. The molecule has 1 saturated heterocycles. The molecule has 3 N–H and O–H groups in total. The SMILES string of the molecule is COc1ccc(CC(NC(=O)O)C(=O)NC(Cc2ccccc2)C(=O)C2(C)CO2)cc1. The molecule has 1 aliphatic rings. The van der Waals surface area contributed by atoms with Crippen LogP contribution < -0.4 is 15.4 Å². The Labute approximate surface area is 180 Å². The molecule has 1 aliphatic heterocycles. The number of ether oxygens (including phenoxy) is 2. The number of epoxide rings is 1. The maximum Gasteiger partial charge on any atom is 0.405 e. The number of carboxylic acid groups (broad SMARTS) is 1. The third-order valence-electron chi connectivity index (χ3n) is 5.23. The first-order chi connectivity index (χ1) is 14.8. The van der Waals surface area contributed by atoms with Crippen molar-refractivity contribution < 1.29 is 29.0 Å². The molecular weight excluding hydrogens is 400 g/mol. The average molecular weight is 426 g/mol. The minimum absolute atomic E-state index is 0.127. The maximum absolute atomic E-state index is 13.0. The molecule has 8 nitrogen and oxygen atoms in total. The normalized spacial score (nSPS) is 19.0. The van der Waals surface area contributed by atoms with E-state index in [4.69, 9.17) is 9.47 Å². The number of nitrogens with one attached hydrogen (secondary N) is 2. The molecule has 3 unspecified atom stereocenters. The Bertz CT molecular complexity index is 925. The van der Waals surface area contributed by atoms with Gasteiger partial charge in [0, 0.05) is 6.42 Å². The highest BCUT2D eigenvalue weighted by Crippen LogP contribution is 2.29. The molecule has 0 saturated carbocycles. The predicted molar refractivity (Wildman–Crippen MR) is 113 cm³/mol. The summed E-state index contributed by atoms with van der Waals surface area (Å²) in [6.45, 7) is 1.99. The molecule has 0 bridgehead atoms. The molecule has 3 atom stereocenters. The van der Waals surface area contributed by atoms with E-state index in [0.29, 0.717) is 12.4 Å². The quantitative estimate of drug-likeness (QED) is 0.500. The zero-order chi connectivity index (χ0) is 22.4. The lowest BCUT2D eigenvalue weighted by Gasteiger charge is -2.23. The van der Waals surface area contributed by atoms with Crippen LogP contribution in [0.5, 0.6) is 5.75 Å². The summed E-state index contributed by atoms with van der Waals surface area (Å²) in [6, 6.07) is 14.4. The van der Waals surface area contributed by atoms with E-state index >= 15 is 0 Å². The van der Waals surface area contributed by atoms with Crippen LogP contribution in [0.2, 0.25) is 0 Å². The highest BCUT2D eigenvalue weighted by atomic mass is 16.6. The van der Waals surface area contributed by atoms with E-state index in [2.05, 4.69) is 10.6 Å². The van der Waals surface area contributed by atoms with Crippen molar-refractivity contribution >= 4 is 17.8 Å². The topological polar surface area (TPSA) is 117 Å². The summed E-state index contributed by atoms with van der Waals surface area (Å²) < 4.78 is 10.4. The summed E-state index contributed by atoms with van der Waals surface area (Å²) in [4.78, 5) is 37.2. The summed E-state index contributed by atoms with van der Waals surface area (Å²) in [5.74, 6) is -0.151. The van der Waals surface area contributed by atoms with Gasteiger partial charge >= 0.3 is 6.09 Å². The van der Waals surface area contributed by atoms with Gasteiger partial charge in [0.2, 0.25) is 5.91 Å². The second kappa shape index (κ2) is 9.61. The van der Waals surface area contributed by atoms with Crippen LogP contribution in [0.1, 0.15) is 18.1 Å². The van der Waals surface area contributed by atoms with E-state index in [1.807, 2.05) is 30.3 Å². The number of rotatable bonds is 10. The van der Waals surface area contributed by atoms with E-state index in [1.165, 1.54) is 0 Å². The first-order valence-corrected chi connectivity index (χ1v) is 9.96. The van der Waals surface area contributed by atoms with Crippen LogP contribution in [0.15, 0.2) is 54.6 Å². The van der Waals surface area contributed by atoms with Crippen molar-refractivity contribution in [2.45, 2.75) is 37.5 Å². The van der Waals surface area contributed by atoms with Gasteiger partial charge in [0.05, 0.1) is 19.8 Å². The van der Waals surface area contributed by atoms with Crippen LogP contribution >= 0.6 is 0 Å². The Kier molecular flexibility index (Phi) is 6.91. The number of Topliss-reactive ketones (excluding diaryl/α,β-unsaturated/α-hetero) is 1. The second-order valence-electron chi connectivity index (χ2n) is 7.69. The molecule has 1 fully saturated rings. The number of hydrogen-bond donors (Lipinski definition) is 3. The Balaban J connectivity index is 1.76. The van der Waals surface area contributed by atoms with E-state index in [-0.39, 0.29) is 18.6 Å². The van der Waals surface area contributed by atoms with E-state index in [1.54, 1.807) is 38.3 Å². The zero-order valence-corrected chi connectivity index (χ0v) is 17.5. The van der Waals surface area contributed by atoms with Gasteiger partial charge in [0.1, 0.15) is 17.4 Å². The van der Waals surface area contributed by atoms with Crippen LogP contribution in [0, 0.1) is 0 Å². The van der Waals surface area contributed by atoms with E-state index in [9.17, 15) is 19.5 Å². The maximum atomic E-state index is 13.0. The zero-order valence-electron chi connectivity index (χ0n) is 17.5. The van der Waals surface area contributed by atoms with Crippen LogP contribution in [0.3, 0.4) is 0 Å². The average Bonchev–Trinajstić information content (AvgIpc) is 3.51. The number of methoxy groups -OCH3 is 1. The molecule has 0 aliphatic carbocycles. The van der Waals surface area contributed by atoms with Crippen molar-refractivity contribution in [3.63, 3.8) is 0 Å². The first kappa shape index (κ1) is 22.3. The number of amides is 2. The van der Waals surface area contributed by atoms with Crippen molar-refractivity contribution in [2.75, 3.05) is 13.7 Å². The highest BCUT2D eigenvalue weighted by Gasteiger charge is 2.50. The predicted octanol–water partition coefficient (Wildman–Crippen LogP) is 1.96. The monoisotopic (exact) mass is 426 g/mol. The van der Waals surface area contributed by atoms with Crippen molar-refractivity contribution in [1.29, 1.82) is 0 Å². The molecule has 2 aromatic rings. The van der Waals surface area contributed by atoms with Crippen molar-refractivity contribution in [3.05, 3.63) is 65.7 Å². The fourth-order valence-electron chi connectivity index (χ4n) is 3.31. The third-order valence-corrected chi connectivity index (χ3v) is 5.23. The van der Waals surface area contributed by atoms with Gasteiger partial charge in [0.25, 0.3) is 0 Å². The summed E-state index contributed by atoms with van der Waals surface area (Å²) in [5, 5.41) is 14.2. The molecular formula is C23H26N2O6. The van der Waals surface area contributed by atoms with Crippen LogP contribution in [-0.4, -0.2) is 54.3 Å². The second-order valence-corrected chi connectivity index (χ2v) is 7.69. The molecule has 8 heteroatoms. The van der Waals surface area contributed by atoms with Gasteiger partial charge in [-0.15, -0.1) is 0 Å². The molecule has 1 heterocycles. The fraction of sp³-hybridized carbons (Fsp3) is 0.348. The molecule has 31 heavy (non-hydrogen) atoms. The van der Waals surface area contributed by atoms with Gasteiger partial charge < -0.3 is 25.2 Å². The van der Waals surface area contributed by atoms with Gasteiger partial charge in [-0.2, -0.15) is 0 Å². The van der Waals surface area contributed by atoms with E-state index in [0.717, 1.165) is 11.1 Å². The number of carbonyl (C=O) groups is 3. The van der Waals surface area contributed by atoms with Gasteiger partial charge in [-0.25, -0.2) is 4.79 Å². The van der Waals surface area contributed by atoms with Gasteiger partial charge in [0.15, 0.2) is 5.78 Å². The number of ketones is 1. The molecule has 2 amide bonds. The third kappa shape index (κ3) is 6.05. The molecule has 164 valence electrons. The number of carbonyl (C=O) groups excluding carboxylic acids is 2. The van der Waals surface area contributed by atoms with Crippen LogP contribution in [0.25, 0.3) is 0 Å². The Hall–Kier alpha value is -3.39. The molecule has 2 aromatic carbocycles. The summed E-state index contributed by atoms with van der Waals surface area (Å²) in [6.07, 6.45) is -0.911. The van der Waals surface area contributed by atoms with Crippen molar-refractivity contribution in [1.82, 2.24) is 10.6 Å². The number of benzene rings is 2. The van der Waals surface area contributed by atoms with E-state index < -0.39 is 29.7 Å². The minimum atomic E-state index is -1.32. The van der Waals surface area contributed by atoms with Gasteiger partial charge in [-0.05, 0) is 36.6 Å². The molecule has 0 radical (unpaired) electrons. The molecule has 0 aromatic heterocycles. The van der Waals surface area contributed by atoms with Gasteiger partial charge in [-0.1, -0.05) is 42.5 Å². The smallest absolute Gasteiger partial charge is 0.405 e.